The van der Waals surface area contributed by atoms with Gasteiger partial charge in [-0.05, 0) is 55.3 Å². The van der Waals surface area contributed by atoms with Crippen LogP contribution in [-0.4, -0.2) is 37.3 Å². The number of carbonyl (C=O) groups excluding carboxylic acids is 1. The molecule has 0 fully saturated rings. The van der Waals surface area contributed by atoms with Crippen molar-refractivity contribution in [3.05, 3.63) is 77.5 Å². The average Bonchev–Trinajstić information content (AvgIpc) is 3.41. The van der Waals surface area contributed by atoms with Crippen LogP contribution < -0.4 is 10.1 Å². The lowest BCUT2D eigenvalue weighted by Crippen LogP contribution is -2.20. The zero-order valence-electron chi connectivity index (χ0n) is 18.9. The number of fused-ring (bicyclic) bond motifs is 1. The third kappa shape index (κ3) is 4.00. The second kappa shape index (κ2) is 8.54. The van der Waals surface area contributed by atoms with Crippen LogP contribution in [0, 0.1) is 6.92 Å². The van der Waals surface area contributed by atoms with Gasteiger partial charge in [0.2, 0.25) is 5.95 Å². The summed E-state index contributed by atoms with van der Waals surface area (Å²) in [6.45, 7) is 2.82. The van der Waals surface area contributed by atoms with E-state index >= 15 is 0 Å². The van der Waals surface area contributed by atoms with Crippen LogP contribution in [0.5, 0.6) is 5.75 Å². The molecule has 2 aromatic heterocycles. The number of hydrogen-bond donors (Lipinski definition) is 1. The Labute approximate surface area is 192 Å². The monoisotopic (exact) mass is 442 g/mol. The number of ether oxygens (including phenoxy) is 1. The van der Waals surface area contributed by atoms with Crippen LogP contribution in [0.25, 0.3) is 11.3 Å². The Hall–Kier alpha value is -3.94. The standard InChI is InChI=1S/C25H26N6O2/c1-16-28-29-23-12-9-20(15-31(16)23)18-5-4-6-19(13-18)24(32)27-25-26-14-22(30(25)2)17-7-10-21(33-3)11-8-17/h4-8,10-11,13-14,20H,9,12,15H2,1-3H3,(H,26,27,32)/t20-/m0/s1. The molecule has 0 unspecified atom stereocenters. The highest BCUT2D eigenvalue weighted by Gasteiger charge is 2.23. The summed E-state index contributed by atoms with van der Waals surface area (Å²) in [5, 5.41) is 11.4. The molecular formula is C25H26N6O2. The van der Waals surface area contributed by atoms with Crippen LogP contribution in [0.3, 0.4) is 0 Å². The molecule has 0 aliphatic carbocycles. The van der Waals surface area contributed by atoms with Crippen LogP contribution in [-0.2, 0) is 20.0 Å². The first-order chi connectivity index (χ1) is 16.0. The van der Waals surface area contributed by atoms with Gasteiger partial charge in [0.1, 0.15) is 17.4 Å². The summed E-state index contributed by atoms with van der Waals surface area (Å²) < 4.78 is 9.28. The van der Waals surface area contributed by atoms with Gasteiger partial charge >= 0.3 is 0 Å². The summed E-state index contributed by atoms with van der Waals surface area (Å²) in [4.78, 5) is 17.5. The van der Waals surface area contributed by atoms with Gasteiger partial charge in [-0.3, -0.25) is 10.1 Å². The van der Waals surface area contributed by atoms with E-state index in [0.29, 0.717) is 17.4 Å². The zero-order valence-corrected chi connectivity index (χ0v) is 18.9. The Morgan fingerprint density at radius 1 is 1.15 bits per heavy atom. The van der Waals surface area contributed by atoms with Gasteiger partial charge in [-0.2, -0.15) is 0 Å². The summed E-state index contributed by atoms with van der Waals surface area (Å²) in [6, 6.07) is 15.6. The topological polar surface area (TPSA) is 86.9 Å². The molecule has 33 heavy (non-hydrogen) atoms. The summed E-state index contributed by atoms with van der Waals surface area (Å²) in [5.74, 6) is 3.42. The Balaban J connectivity index is 1.33. The molecule has 0 bridgehead atoms. The number of methoxy groups -OCH3 is 1. The van der Waals surface area contributed by atoms with Crippen molar-refractivity contribution in [1.29, 1.82) is 0 Å². The minimum absolute atomic E-state index is 0.177. The average molecular weight is 443 g/mol. The van der Waals surface area contributed by atoms with Crippen molar-refractivity contribution in [2.45, 2.75) is 32.2 Å². The second-order valence-corrected chi connectivity index (χ2v) is 8.34. The molecule has 1 atom stereocenters. The third-order valence-corrected chi connectivity index (χ3v) is 6.35. The van der Waals surface area contributed by atoms with Crippen LogP contribution in [0.1, 0.15) is 39.9 Å². The Kier molecular flexibility index (Phi) is 5.42. The predicted octanol–water partition coefficient (Wildman–Crippen LogP) is 3.98. The van der Waals surface area contributed by atoms with Crippen LogP contribution in [0.4, 0.5) is 5.95 Å². The van der Waals surface area contributed by atoms with Crippen LogP contribution >= 0.6 is 0 Å². The van der Waals surface area contributed by atoms with E-state index in [-0.39, 0.29) is 5.91 Å². The largest absolute Gasteiger partial charge is 0.497 e. The minimum atomic E-state index is -0.177. The van der Waals surface area contributed by atoms with Crippen LogP contribution in [0.15, 0.2) is 54.7 Å². The summed E-state index contributed by atoms with van der Waals surface area (Å²) in [5.41, 5.74) is 3.67. The van der Waals surface area contributed by atoms with Crippen molar-refractivity contribution in [3.8, 4) is 17.0 Å². The highest BCUT2D eigenvalue weighted by molar-refractivity contribution is 6.03. The van der Waals surface area contributed by atoms with Gasteiger partial charge < -0.3 is 13.9 Å². The van der Waals surface area contributed by atoms with E-state index in [0.717, 1.165) is 53.6 Å². The number of hydrogen-bond acceptors (Lipinski definition) is 5. The number of rotatable bonds is 5. The molecule has 1 aliphatic heterocycles. The van der Waals surface area contributed by atoms with Crippen molar-refractivity contribution >= 4 is 11.9 Å². The maximum Gasteiger partial charge on any atom is 0.257 e. The van der Waals surface area contributed by atoms with Crippen molar-refractivity contribution in [2.75, 3.05) is 12.4 Å². The first-order valence-corrected chi connectivity index (χ1v) is 11.0. The smallest absolute Gasteiger partial charge is 0.257 e. The number of anilines is 1. The second-order valence-electron chi connectivity index (χ2n) is 8.34. The van der Waals surface area contributed by atoms with Gasteiger partial charge in [0.05, 0.1) is 19.0 Å². The molecule has 0 radical (unpaired) electrons. The first-order valence-electron chi connectivity index (χ1n) is 11.0. The fourth-order valence-electron chi connectivity index (χ4n) is 4.40. The molecular weight excluding hydrogens is 416 g/mol. The number of nitrogens with zero attached hydrogens (tertiary/aromatic N) is 5. The first kappa shape index (κ1) is 20.9. The van der Waals surface area contributed by atoms with E-state index in [1.165, 1.54) is 0 Å². The number of amides is 1. The van der Waals surface area contributed by atoms with E-state index in [1.807, 2.05) is 61.0 Å². The van der Waals surface area contributed by atoms with E-state index < -0.39 is 0 Å². The van der Waals surface area contributed by atoms with E-state index in [2.05, 4.69) is 31.1 Å². The number of imidazole rings is 1. The van der Waals surface area contributed by atoms with Crippen LogP contribution in [0.2, 0.25) is 0 Å². The zero-order chi connectivity index (χ0) is 22.9. The third-order valence-electron chi connectivity index (χ3n) is 6.35. The van der Waals surface area contributed by atoms with Gasteiger partial charge in [-0.1, -0.05) is 12.1 Å². The molecule has 8 nitrogen and oxygen atoms in total. The molecule has 8 heteroatoms. The van der Waals surface area contributed by atoms with Crippen molar-refractivity contribution in [1.82, 2.24) is 24.3 Å². The highest BCUT2D eigenvalue weighted by Crippen LogP contribution is 2.30. The Bertz CT molecular complexity index is 1300. The lowest BCUT2D eigenvalue weighted by atomic mass is 9.90. The number of carbonyl (C=O) groups is 1. The molecule has 3 heterocycles. The number of nitrogens with one attached hydrogen (secondary N) is 1. The molecule has 4 aromatic rings. The molecule has 5 rings (SSSR count). The van der Waals surface area contributed by atoms with Gasteiger partial charge in [-0.25, -0.2) is 4.98 Å². The van der Waals surface area contributed by atoms with Crippen molar-refractivity contribution in [3.63, 3.8) is 0 Å². The van der Waals surface area contributed by atoms with E-state index in [1.54, 1.807) is 13.3 Å². The Morgan fingerprint density at radius 2 is 1.97 bits per heavy atom. The summed E-state index contributed by atoms with van der Waals surface area (Å²) >= 11 is 0. The van der Waals surface area contributed by atoms with E-state index in [9.17, 15) is 4.79 Å². The summed E-state index contributed by atoms with van der Waals surface area (Å²) in [7, 11) is 3.53. The molecule has 0 spiro atoms. The molecule has 0 saturated heterocycles. The number of aryl methyl sites for hydroxylation is 2. The number of aromatic nitrogens is 5. The quantitative estimate of drug-likeness (QED) is 0.505. The van der Waals surface area contributed by atoms with Crippen molar-refractivity contribution < 1.29 is 9.53 Å². The van der Waals surface area contributed by atoms with Crippen molar-refractivity contribution in [2.24, 2.45) is 7.05 Å². The van der Waals surface area contributed by atoms with Gasteiger partial charge in [-0.15, -0.1) is 10.2 Å². The highest BCUT2D eigenvalue weighted by atomic mass is 16.5. The molecule has 0 saturated carbocycles. The maximum absolute atomic E-state index is 13.0. The molecule has 2 aromatic carbocycles. The minimum Gasteiger partial charge on any atom is -0.497 e. The fraction of sp³-hybridized carbons (Fsp3) is 0.280. The predicted molar refractivity (Wildman–Crippen MR) is 125 cm³/mol. The Morgan fingerprint density at radius 3 is 2.76 bits per heavy atom. The lowest BCUT2D eigenvalue weighted by Gasteiger charge is -2.24. The number of benzene rings is 2. The summed E-state index contributed by atoms with van der Waals surface area (Å²) in [6.07, 6.45) is 3.64. The SMILES string of the molecule is COc1ccc(-c2cnc(NC(=O)c3cccc([C@H]4CCc5nnc(C)n5C4)c3)n2C)cc1. The molecule has 1 aliphatic rings. The molecule has 168 valence electrons. The van der Waals surface area contributed by atoms with E-state index in [4.69, 9.17) is 4.74 Å². The molecule has 1 amide bonds. The van der Waals surface area contributed by atoms with Gasteiger partial charge in [0, 0.05) is 37.1 Å². The maximum atomic E-state index is 13.0. The van der Waals surface area contributed by atoms with Gasteiger partial charge in [0.25, 0.3) is 5.91 Å². The lowest BCUT2D eigenvalue weighted by molar-refractivity contribution is 0.102. The normalized spacial score (nSPS) is 15.2. The fourth-order valence-corrected chi connectivity index (χ4v) is 4.40. The molecule has 1 N–H and O–H groups in total. The van der Waals surface area contributed by atoms with Gasteiger partial charge in [0.15, 0.2) is 0 Å².